The van der Waals surface area contributed by atoms with Gasteiger partial charge in [0.15, 0.2) is 5.41 Å². The molecule has 0 saturated heterocycles. The zero-order valence-electron chi connectivity index (χ0n) is 31.0. The third-order valence-electron chi connectivity index (χ3n) is 8.73. The zero-order chi connectivity index (χ0) is 35.6. The molecule has 1 atom stereocenters. The predicted molar refractivity (Wildman–Crippen MR) is 199 cm³/mol. The average molecular weight is 677 g/mol. The Hall–Kier alpha value is -3.41. The first-order valence-electron chi connectivity index (χ1n) is 19.0. The van der Waals surface area contributed by atoms with Gasteiger partial charge in [0.1, 0.15) is 18.8 Å². The van der Waals surface area contributed by atoms with Gasteiger partial charge < -0.3 is 14.2 Å². The Balaban J connectivity index is 1.89. The number of hydrogen-bond donors (Lipinski definition) is 0. The molecule has 2 aromatic rings. The lowest BCUT2D eigenvalue weighted by Gasteiger charge is -2.32. The molecule has 0 heterocycles. The molecule has 0 saturated carbocycles. The number of benzene rings is 2. The lowest BCUT2D eigenvalue weighted by molar-refractivity contribution is -0.181. The highest BCUT2D eigenvalue weighted by molar-refractivity contribution is 6.00. The fourth-order valence-corrected chi connectivity index (χ4v) is 5.81. The number of carbonyl (C=O) groups is 3. The Kier molecular flexibility index (Phi) is 21.0. The van der Waals surface area contributed by atoms with Crippen molar-refractivity contribution in [3.05, 3.63) is 83.9 Å². The lowest BCUT2D eigenvalue weighted by atomic mass is 9.78. The molecule has 6 nitrogen and oxygen atoms in total. The molecule has 0 aliphatic heterocycles. The number of ether oxygens (including phenoxy) is 3. The highest BCUT2D eigenvalue weighted by Crippen LogP contribution is 2.36. The molecule has 0 fully saturated rings. The summed E-state index contributed by atoms with van der Waals surface area (Å²) in [5.74, 6) is -1.15. The summed E-state index contributed by atoms with van der Waals surface area (Å²) in [6.07, 6.45) is 21.3. The van der Waals surface area contributed by atoms with E-state index in [1.807, 2.05) is 87.5 Å². The van der Waals surface area contributed by atoms with Crippen molar-refractivity contribution in [1.29, 1.82) is 0 Å². The summed E-state index contributed by atoms with van der Waals surface area (Å²) in [5.41, 5.74) is -0.214. The summed E-state index contributed by atoms with van der Waals surface area (Å²) < 4.78 is 17.1. The van der Waals surface area contributed by atoms with Crippen LogP contribution >= 0.6 is 0 Å². The van der Waals surface area contributed by atoms with E-state index in [2.05, 4.69) is 13.0 Å². The first-order chi connectivity index (χ1) is 23.7. The minimum absolute atomic E-state index is 0.121. The molecule has 0 radical (unpaired) electrons. The molecule has 0 bridgehead atoms. The Morgan fingerprint density at radius 1 is 0.592 bits per heavy atom. The molecule has 0 aromatic heterocycles. The van der Waals surface area contributed by atoms with Gasteiger partial charge in [-0.15, -0.1) is 0 Å². The van der Waals surface area contributed by atoms with Crippen LogP contribution in [0.25, 0.3) is 0 Å². The Bertz CT molecular complexity index is 1200. The first-order valence-corrected chi connectivity index (χ1v) is 19.0. The lowest BCUT2D eigenvalue weighted by Crippen LogP contribution is -2.44. The van der Waals surface area contributed by atoms with Gasteiger partial charge in [0.2, 0.25) is 0 Å². The summed E-state index contributed by atoms with van der Waals surface area (Å²) >= 11 is 0. The van der Waals surface area contributed by atoms with Crippen molar-refractivity contribution in [2.75, 3.05) is 0 Å². The fourth-order valence-electron chi connectivity index (χ4n) is 5.81. The molecule has 49 heavy (non-hydrogen) atoms. The molecular weight excluding hydrogens is 612 g/mol. The maximum atomic E-state index is 13.9. The van der Waals surface area contributed by atoms with E-state index in [1.165, 1.54) is 38.5 Å². The summed E-state index contributed by atoms with van der Waals surface area (Å²) in [6.45, 7) is 8.20. The maximum absolute atomic E-state index is 13.9. The molecule has 0 unspecified atom stereocenters. The molecule has 2 aromatic carbocycles. The fraction of sp³-hybridized carbons (Fsp3) is 0.605. The van der Waals surface area contributed by atoms with E-state index in [0.717, 1.165) is 68.9 Å². The molecule has 0 N–H and O–H groups in total. The molecule has 0 amide bonds. The van der Waals surface area contributed by atoms with Gasteiger partial charge >= 0.3 is 17.9 Å². The SMILES string of the molecule is CCCCCCCCCCC[C@@](CC=CCCCCCCCC(=O)OCc1ccccc1)(C(=O)OCc1ccccc1)C(=O)OC(C)(C)C. The molecule has 2 rings (SSSR count). The van der Waals surface area contributed by atoms with Crippen LogP contribution in [0.5, 0.6) is 0 Å². The number of allylic oxidation sites excluding steroid dienone is 2. The van der Waals surface area contributed by atoms with Crippen molar-refractivity contribution in [2.24, 2.45) is 5.41 Å². The smallest absolute Gasteiger partial charge is 0.324 e. The van der Waals surface area contributed by atoms with Crippen LogP contribution in [-0.2, 0) is 41.8 Å². The van der Waals surface area contributed by atoms with E-state index in [9.17, 15) is 14.4 Å². The van der Waals surface area contributed by atoms with Gasteiger partial charge in [-0.05, 0) is 64.0 Å². The van der Waals surface area contributed by atoms with Crippen LogP contribution < -0.4 is 0 Å². The Morgan fingerprint density at radius 3 is 1.67 bits per heavy atom. The van der Waals surface area contributed by atoms with Crippen molar-refractivity contribution < 1.29 is 28.6 Å². The predicted octanol–water partition coefficient (Wildman–Crippen LogP) is 11.4. The number of hydrogen-bond acceptors (Lipinski definition) is 6. The second kappa shape index (κ2) is 24.7. The van der Waals surface area contributed by atoms with E-state index < -0.39 is 23.0 Å². The van der Waals surface area contributed by atoms with Gasteiger partial charge in [-0.2, -0.15) is 0 Å². The van der Waals surface area contributed by atoms with Gasteiger partial charge in [-0.1, -0.05) is 157 Å². The number of carbonyl (C=O) groups excluding carboxylic acids is 3. The standard InChI is InChI=1S/C43H64O6/c1-5-6-7-8-9-11-14-17-26-33-43(41(46)49-42(2,3)4,40(45)48-36-38-30-23-20-24-31-38)34-27-18-15-12-10-13-16-25-32-39(44)47-35-37-28-21-19-22-29-37/h18-24,27-31H,5-17,25-26,32-36H2,1-4H3/t43-/m1/s1. The van der Waals surface area contributed by atoms with Crippen LogP contribution in [0.4, 0.5) is 0 Å². The third-order valence-corrected chi connectivity index (χ3v) is 8.73. The highest BCUT2D eigenvalue weighted by atomic mass is 16.6. The van der Waals surface area contributed by atoms with Gasteiger partial charge in [-0.3, -0.25) is 14.4 Å². The Morgan fingerprint density at radius 2 is 1.10 bits per heavy atom. The van der Waals surface area contributed by atoms with Gasteiger partial charge in [-0.25, -0.2) is 0 Å². The second-order valence-corrected chi connectivity index (χ2v) is 14.4. The molecule has 0 aliphatic carbocycles. The Labute approximate surface area is 297 Å². The van der Waals surface area contributed by atoms with Crippen LogP contribution in [-0.4, -0.2) is 23.5 Å². The minimum atomic E-state index is -1.38. The van der Waals surface area contributed by atoms with E-state index in [1.54, 1.807) is 0 Å². The van der Waals surface area contributed by atoms with Crippen LogP contribution in [0.3, 0.4) is 0 Å². The summed E-state index contributed by atoms with van der Waals surface area (Å²) in [6, 6.07) is 19.3. The van der Waals surface area contributed by atoms with Crippen molar-refractivity contribution in [2.45, 2.75) is 162 Å². The normalized spacial score (nSPS) is 12.8. The van der Waals surface area contributed by atoms with Crippen molar-refractivity contribution in [3.8, 4) is 0 Å². The van der Waals surface area contributed by atoms with Gasteiger partial charge in [0.05, 0.1) is 0 Å². The molecule has 0 aliphatic rings. The monoisotopic (exact) mass is 676 g/mol. The summed E-state index contributed by atoms with van der Waals surface area (Å²) in [5, 5.41) is 0. The van der Waals surface area contributed by atoms with Crippen LogP contribution in [0.2, 0.25) is 0 Å². The summed E-state index contributed by atoms with van der Waals surface area (Å²) in [7, 11) is 0. The first kappa shape index (κ1) is 41.8. The van der Waals surface area contributed by atoms with Crippen molar-refractivity contribution in [3.63, 3.8) is 0 Å². The largest absolute Gasteiger partial charge is 0.461 e. The quantitative estimate of drug-likeness (QED) is 0.0324. The van der Waals surface area contributed by atoms with Crippen LogP contribution in [0.1, 0.15) is 154 Å². The van der Waals surface area contributed by atoms with E-state index in [4.69, 9.17) is 14.2 Å². The molecule has 272 valence electrons. The average Bonchev–Trinajstić information content (AvgIpc) is 3.09. The van der Waals surface area contributed by atoms with Crippen LogP contribution in [0, 0.1) is 5.41 Å². The molecule has 0 spiro atoms. The third kappa shape index (κ3) is 18.8. The number of esters is 3. The van der Waals surface area contributed by atoms with E-state index in [-0.39, 0.29) is 19.0 Å². The second-order valence-electron chi connectivity index (χ2n) is 14.4. The topological polar surface area (TPSA) is 78.9 Å². The maximum Gasteiger partial charge on any atom is 0.324 e. The molecular formula is C43H64O6. The number of unbranched alkanes of at least 4 members (excludes halogenated alkanes) is 13. The van der Waals surface area contributed by atoms with Gasteiger partial charge in [0.25, 0.3) is 0 Å². The number of rotatable bonds is 26. The molecule has 6 heteroatoms. The van der Waals surface area contributed by atoms with E-state index >= 15 is 0 Å². The van der Waals surface area contributed by atoms with Gasteiger partial charge in [0, 0.05) is 6.42 Å². The minimum Gasteiger partial charge on any atom is -0.461 e. The van der Waals surface area contributed by atoms with Crippen LogP contribution in [0.15, 0.2) is 72.8 Å². The zero-order valence-corrected chi connectivity index (χ0v) is 31.0. The van der Waals surface area contributed by atoms with Crippen molar-refractivity contribution >= 4 is 17.9 Å². The van der Waals surface area contributed by atoms with E-state index in [0.29, 0.717) is 19.4 Å². The van der Waals surface area contributed by atoms with Crippen molar-refractivity contribution in [1.82, 2.24) is 0 Å². The summed E-state index contributed by atoms with van der Waals surface area (Å²) in [4.78, 5) is 39.8. The highest BCUT2D eigenvalue weighted by Gasteiger charge is 2.48.